The van der Waals surface area contributed by atoms with Gasteiger partial charge in [-0.3, -0.25) is 9.69 Å². The van der Waals surface area contributed by atoms with Crippen LogP contribution in [0.2, 0.25) is 0 Å². The van der Waals surface area contributed by atoms with E-state index in [1.165, 1.54) is 16.9 Å². The van der Waals surface area contributed by atoms with Crippen LogP contribution in [0.25, 0.3) is 10.9 Å². The highest BCUT2D eigenvalue weighted by Gasteiger charge is 2.29. The van der Waals surface area contributed by atoms with E-state index in [0.717, 1.165) is 12.8 Å². The molecule has 1 aliphatic carbocycles. The van der Waals surface area contributed by atoms with Crippen LogP contribution in [0.5, 0.6) is 0 Å². The molecule has 1 atom stereocenters. The summed E-state index contributed by atoms with van der Waals surface area (Å²) in [5, 5.41) is 27.3. The van der Waals surface area contributed by atoms with Gasteiger partial charge < -0.3 is 19.7 Å². The van der Waals surface area contributed by atoms with Gasteiger partial charge >= 0.3 is 11.9 Å². The molecule has 1 saturated heterocycles. The Labute approximate surface area is 218 Å². The minimum absolute atomic E-state index is 0.0805. The highest BCUT2D eigenvalue weighted by molar-refractivity contribution is 5.93. The number of hydrogen-bond acceptors (Lipinski definition) is 7. The molecule has 1 saturated carbocycles. The van der Waals surface area contributed by atoms with Gasteiger partial charge in [0.2, 0.25) is 5.43 Å². The zero-order valence-corrected chi connectivity index (χ0v) is 21.4. The number of nitrogens with zero attached hydrogens (tertiary/aromatic N) is 6. The smallest absolute Gasteiger partial charge is 0.341 e. The molecule has 0 amide bonds. The lowest BCUT2D eigenvalue weighted by Crippen LogP contribution is -2.46. The predicted molar refractivity (Wildman–Crippen MR) is 137 cm³/mol. The summed E-state index contributed by atoms with van der Waals surface area (Å²) in [5.74, 6) is -2.61. The number of aromatic carboxylic acids is 1. The Morgan fingerprint density at radius 1 is 1.11 bits per heavy atom. The molecule has 0 spiro atoms. The number of benzene rings is 1. The Hall–Kier alpha value is -3.80. The fourth-order valence-electron chi connectivity index (χ4n) is 5.09. The molecule has 3 aromatic rings. The number of fused-ring (bicyclic) bond motifs is 1. The number of rotatable bonds is 9. The fourth-order valence-corrected chi connectivity index (χ4v) is 5.09. The van der Waals surface area contributed by atoms with Crippen LogP contribution in [-0.2, 0) is 11.3 Å². The van der Waals surface area contributed by atoms with Crippen LogP contribution in [-0.4, -0.2) is 72.8 Å². The van der Waals surface area contributed by atoms with Crippen molar-refractivity contribution in [3.05, 3.63) is 51.8 Å². The molecule has 11 nitrogen and oxygen atoms in total. The summed E-state index contributed by atoms with van der Waals surface area (Å²) in [4.78, 5) is 40.0. The van der Waals surface area contributed by atoms with Crippen LogP contribution >= 0.6 is 0 Å². The second-order valence-electron chi connectivity index (χ2n) is 10.6. The number of halogens is 1. The Kier molecular flexibility index (Phi) is 6.91. The molecular weight excluding hydrogens is 495 g/mol. The average Bonchev–Trinajstić information content (AvgIpc) is 3.61. The number of pyridine rings is 1. The zero-order chi connectivity index (χ0) is 27.1. The fraction of sp³-hybridized carbons (Fsp3) is 0.500. The maximum Gasteiger partial charge on any atom is 0.341 e. The zero-order valence-electron chi connectivity index (χ0n) is 21.4. The van der Waals surface area contributed by atoms with Crippen molar-refractivity contribution in [3.8, 4) is 0 Å². The molecule has 2 aromatic heterocycles. The van der Waals surface area contributed by atoms with Gasteiger partial charge in [0.15, 0.2) is 6.04 Å². The lowest BCUT2D eigenvalue weighted by atomic mass is 10.0. The van der Waals surface area contributed by atoms with Gasteiger partial charge in [0.1, 0.15) is 11.4 Å². The van der Waals surface area contributed by atoms with Crippen LogP contribution < -0.4 is 10.3 Å². The summed E-state index contributed by atoms with van der Waals surface area (Å²) in [6, 6.07) is 2.18. The predicted octanol–water partition coefficient (Wildman–Crippen LogP) is 2.76. The summed E-state index contributed by atoms with van der Waals surface area (Å²) >= 11 is 0. The quantitative estimate of drug-likeness (QED) is 0.432. The summed E-state index contributed by atoms with van der Waals surface area (Å²) in [5.41, 5.74) is 0.588. The summed E-state index contributed by atoms with van der Waals surface area (Å²) in [6.45, 7) is 6.78. The number of carboxylic acids is 2. The van der Waals surface area contributed by atoms with Crippen molar-refractivity contribution in [1.82, 2.24) is 24.5 Å². The lowest BCUT2D eigenvalue weighted by molar-refractivity contribution is -0.141. The Morgan fingerprint density at radius 2 is 1.82 bits per heavy atom. The lowest BCUT2D eigenvalue weighted by Gasteiger charge is -2.36. The van der Waals surface area contributed by atoms with Crippen molar-refractivity contribution in [3.63, 3.8) is 0 Å². The molecule has 1 aromatic carbocycles. The molecule has 1 aliphatic heterocycles. The van der Waals surface area contributed by atoms with E-state index in [9.17, 15) is 24.6 Å². The molecule has 0 unspecified atom stereocenters. The molecule has 5 rings (SSSR count). The van der Waals surface area contributed by atoms with Crippen molar-refractivity contribution >= 4 is 28.5 Å². The Bertz CT molecular complexity index is 1440. The first-order chi connectivity index (χ1) is 18.1. The van der Waals surface area contributed by atoms with Gasteiger partial charge in [-0.15, -0.1) is 5.10 Å². The summed E-state index contributed by atoms with van der Waals surface area (Å²) < 4.78 is 18.4. The van der Waals surface area contributed by atoms with Gasteiger partial charge in [-0.1, -0.05) is 19.1 Å². The van der Waals surface area contributed by atoms with Gasteiger partial charge in [0, 0.05) is 50.3 Å². The first kappa shape index (κ1) is 25.8. The van der Waals surface area contributed by atoms with E-state index >= 15 is 4.39 Å². The topological polar surface area (TPSA) is 134 Å². The third-order valence-electron chi connectivity index (χ3n) is 7.23. The van der Waals surface area contributed by atoms with Crippen molar-refractivity contribution in [1.29, 1.82) is 0 Å². The van der Waals surface area contributed by atoms with Crippen LogP contribution in [0.4, 0.5) is 10.1 Å². The van der Waals surface area contributed by atoms with Crippen molar-refractivity contribution < 1.29 is 24.2 Å². The maximum absolute atomic E-state index is 15.2. The number of carbonyl (C=O) groups is 2. The normalized spacial score (nSPS) is 17.3. The number of piperazine rings is 1. The van der Waals surface area contributed by atoms with E-state index in [2.05, 4.69) is 15.2 Å². The molecule has 202 valence electrons. The van der Waals surface area contributed by atoms with E-state index in [4.69, 9.17) is 0 Å². The van der Waals surface area contributed by atoms with E-state index in [1.807, 2.05) is 18.7 Å². The van der Waals surface area contributed by atoms with Crippen molar-refractivity contribution in [2.24, 2.45) is 5.92 Å². The average molecular weight is 527 g/mol. The number of aromatic nitrogens is 4. The first-order valence-electron chi connectivity index (χ1n) is 12.8. The molecule has 0 radical (unpaired) electrons. The standard InChI is InChI=1S/C26H31FN6O5/c1-15(2)9-23(26(37)38)33-13-16(28-29-33)12-30-5-7-31(8-6-30)22-11-21-18(10-20(22)27)24(34)19(25(35)36)14-32(21)17-3-4-17/h10-11,13-15,17,23H,3-9,12H2,1-2H3,(H,35,36)(H,37,38)/t23-/m0/s1. The number of aliphatic carboxylic acids is 1. The highest BCUT2D eigenvalue weighted by atomic mass is 19.1. The molecule has 2 fully saturated rings. The molecule has 0 bridgehead atoms. The SMILES string of the molecule is CC(C)C[C@@H](C(=O)O)n1cc(CN2CCN(c3cc4c(cc3F)c(=O)c(C(=O)O)cn4C3CC3)CC2)nn1. The molecule has 2 N–H and O–H groups in total. The van der Waals surface area contributed by atoms with Gasteiger partial charge in [-0.25, -0.2) is 18.7 Å². The Balaban J connectivity index is 1.31. The monoisotopic (exact) mass is 526 g/mol. The third-order valence-corrected chi connectivity index (χ3v) is 7.23. The minimum atomic E-state index is -1.31. The second kappa shape index (κ2) is 10.2. The molecular formula is C26H31FN6O5. The van der Waals surface area contributed by atoms with Gasteiger partial charge in [-0.2, -0.15) is 0 Å². The third kappa shape index (κ3) is 5.13. The van der Waals surface area contributed by atoms with E-state index in [1.54, 1.807) is 16.8 Å². The van der Waals surface area contributed by atoms with Crippen molar-refractivity contribution in [2.75, 3.05) is 31.1 Å². The molecule has 3 heterocycles. The van der Waals surface area contributed by atoms with Crippen LogP contribution in [0.1, 0.15) is 61.2 Å². The minimum Gasteiger partial charge on any atom is -0.480 e. The van der Waals surface area contributed by atoms with E-state index in [-0.39, 0.29) is 22.9 Å². The van der Waals surface area contributed by atoms with Gasteiger partial charge in [-0.05, 0) is 37.3 Å². The van der Waals surface area contributed by atoms with Crippen LogP contribution in [0.15, 0.2) is 29.3 Å². The number of anilines is 1. The maximum atomic E-state index is 15.2. The molecule has 38 heavy (non-hydrogen) atoms. The Morgan fingerprint density at radius 3 is 2.42 bits per heavy atom. The molecule has 12 heteroatoms. The summed E-state index contributed by atoms with van der Waals surface area (Å²) in [7, 11) is 0. The number of hydrogen-bond donors (Lipinski definition) is 2. The first-order valence-corrected chi connectivity index (χ1v) is 12.8. The van der Waals surface area contributed by atoms with Crippen LogP contribution in [0, 0.1) is 11.7 Å². The number of carboxylic acid groups (broad SMARTS) is 2. The molecule has 2 aliphatic rings. The van der Waals surface area contributed by atoms with E-state index < -0.39 is 29.2 Å². The van der Waals surface area contributed by atoms with Crippen LogP contribution in [0.3, 0.4) is 0 Å². The highest BCUT2D eigenvalue weighted by Crippen LogP contribution is 2.38. The van der Waals surface area contributed by atoms with Gasteiger partial charge in [0.05, 0.1) is 23.1 Å². The second-order valence-corrected chi connectivity index (χ2v) is 10.6. The largest absolute Gasteiger partial charge is 0.480 e. The summed E-state index contributed by atoms with van der Waals surface area (Å²) in [6.07, 6.45) is 5.29. The van der Waals surface area contributed by atoms with Crippen molar-refractivity contribution in [2.45, 2.75) is 51.7 Å². The van der Waals surface area contributed by atoms with Gasteiger partial charge in [0.25, 0.3) is 0 Å². The van der Waals surface area contributed by atoms with E-state index in [0.29, 0.717) is 56.0 Å².